The molecule has 0 fully saturated rings. The van der Waals surface area contributed by atoms with Gasteiger partial charge in [-0.2, -0.15) is 5.10 Å². The predicted octanol–water partition coefficient (Wildman–Crippen LogP) is 4.95. The lowest BCUT2D eigenvalue weighted by Crippen LogP contribution is -2.28. The maximum absolute atomic E-state index is 13.0. The van der Waals surface area contributed by atoms with Gasteiger partial charge in [0.2, 0.25) is 15.9 Å². The summed E-state index contributed by atoms with van der Waals surface area (Å²) >= 11 is 12.5. The first-order chi connectivity index (χ1) is 16.2. The van der Waals surface area contributed by atoms with E-state index in [1.807, 2.05) is 24.3 Å². The van der Waals surface area contributed by atoms with Crippen LogP contribution in [-0.4, -0.2) is 30.4 Å². The van der Waals surface area contributed by atoms with Gasteiger partial charge in [0.15, 0.2) is 0 Å². The summed E-state index contributed by atoms with van der Waals surface area (Å²) in [6.07, 6.45) is 1.09. The molecule has 10 heteroatoms. The summed E-state index contributed by atoms with van der Waals surface area (Å²) in [6.45, 7) is 8.41. The van der Waals surface area contributed by atoms with E-state index in [0.29, 0.717) is 15.6 Å². The third kappa shape index (κ3) is 7.30. The number of hydrogen-bond donors (Lipinski definition) is 2. The van der Waals surface area contributed by atoms with E-state index in [2.05, 4.69) is 30.8 Å². The summed E-state index contributed by atoms with van der Waals surface area (Å²) in [6, 6.07) is 14.6. The summed E-state index contributed by atoms with van der Waals surface area (Å²) in [4.78, 5) is 13.0. The van der Waals surface area contributed by atoms with Gasteiger partial charge in [-0.05, 0) is 48.4 Å². The number of aromatic nitrogens is 2. The third-order valence-electron chi connectivity index (χ3n) is 5.54. The number of benzene rings is 2. The van der Waals surface area contributed by atoms with Crippen LogP contribution < -0.4 is 10.0 Å². The van der Waals surface area contributed by atoms with E-state index in [4.69, 9.17) is 28.3 Å². The van der Waals surface area contributed by atoms with Gasteiger partial charge in [0.1, 0.15) is 0 Å². The van der Waals surface area contributed by atoms with E-state index in [0.717, 1.165) is 28.9 Å². The van der Waals surface area contributed by atoms with Crippen molar-refractivity contribution in [1.82, 2.24) is 19.8 Å². The molecule has 1 unspecified atom stereocenters. The van der Waals surface area contributed by atoms with Crippen molar-refractivity contribution in [1.29, 1.82) is 0 Å². The highest BCUT2D eigenvalue weighted by atomic mass is 35.5. The molecule has 3 aromatic rings. The van der Waals surface area contributed by atoms with Crippen LogP contribution in [0.15, 0.2) is 48.5 Å². The molecule has 1 atom stereocenters. The van der Waals surface area contributed by atoms with Crippen molar-refractivity contribution >= 4 is 39.1 Å². The Labute approximate surface area is 216 Å². The van der Waals surface area contributed by atoms with Gasteiger partial charge < -0.3 is 5.32 Å². The lowest BCUT2D eigenvalue weighted by molar-refractivity contribution is -0.122. The molecule has 188 valence electrons. The average Bonchev–Trinajstić information content (AvgIpc) is 3.20. The number of nitrogens with one attached hydrogen (secondary N) is 2. The predicted molar refractivity (Wildman–Crippen MR) is 141 cm³/mol. The SMILES string of the molecule is CC(C(=O)NCc1cc(C(C)(C)C)nn1-c1cccc(Cl)c1)c1ccc(CNS(C)(=O)=O)c(Cl)c1. The molecule has 35 heavy (non-hydrogen) atoms. The van der Waals surface area contributed by atoms with E-state index in [1.165, 1.54) is 0 Å². The van der Waals surface area contributed by atoms with E-state index in [1.54, 1.807) is 35.9 Å². The van der Waals surface area contributed by atoms with Crippen LogP contribution in [0.3, 0.4) is 0 Å². The first-order valence-electron chi connectivity index (χ1n) is 11.1. The molecular weight excluding hydrogens is 507 g/mol. The van der Waals surface area contributed by atoms with Crippen molar-refractivity contribution in [3.8, 4) is 5.69 Å². The van der Waals surface area contributed by atoms with Crippen LogP contribution >= 0.6 is 23.2 Å². The second-order valence-electron chi connectivity index (χ2n) is 9.55. The van der Waals surface area contributed by atoms with Crippen LogP contribution in [0, 0.1) is 0 Å². The van der Waals surface area contributed by atoms with Crippen LogP contribution in [0.25, 0.3) is 5.69 Å². The molecule has 1 heterocycles. The van der Waals surface area contributed by atoms with E-state index < -0.39 is 15.9 Å². The van der Waals surface area contributed by atoms with Crippen LogP contribution in [0.4, 0.5) is 0 Å². The fraction of sp³-hybridized carbons (Fsp3) is 0.360. The van der Waals surface area contributed by atoms with Crippen molar-refractivity contribution in [3.63, 3.8) is 0 Å². The maximum Gasteiger partial charge on any atom is 0.227 e. The first kappa shape index (κ1) is 27.2. The Bertz CT molecular complexity index is 1330. The number of carbonyl (C=O) groups excluding carboxylic acids is 1. The second-order valence-corrected chi connectivity index (χ2v) is 12.2. The van der Waals surface area contributed by atoms with Crippen LogP contribution in [0.5, 0.6) is 0 Å². The third-order valence-corrected chi connectivity index (χ3v) is 6.80. The van der Waals surface area contributed by atoms with Crippen molar-refractivity contribution in [2.45, 2.75) is 52.1 Å². The molecule has 0 aliphatic rings. The summed E-state index contributed by atoms with van der Waals surface area (Å²) in [7, 11) is -3.33. The van der Waals surface area contributed by atoms with Crippen molar-refractivity contribution in [3.05, 3.63) is 81.1 Å². The minimum Gasteiger partial charge on any atom is -0.350 e. The molecule has 0 saturated heterocycles. The maximum atomic E-state index is 13.0. The smallest absolute Gasteiger partial charge is 0.227 e. The van der Waals surface area contributed by atoms with Gasteiger partial charge in [-0.3, -0.25) is 4.79 Å². The Morgan fingerprint density at radius 2 is 1.80 bits per heavy atom. The minimum atomic E-state index is -3.33. The summed E-state index contributed by atoms with van der Waals surface area (Å²) < 4.78 is 26.9. The molecule has 2 aromatic carbocycles. The quantitative estimate of drug-likeness (QED) is 0.426. The van der Waals surface area contributed by atoms with E-state index >= 15 is 0 Å². The van der Waals surface area contributed by atoms with Crippen molar-refractivity contribution in [2.75, 3.05) is 6.26 Å². The molecule has 0 saturated carbocycles. The Balaban J connectivity index is 1.76. The fourth-order valence-electron chi connectivity index (χ4n) is 3.41. The van der Waals surface area contributed by atoms with Gasteiger partial charge in [-0.1, -0.05) is 62.2 Å². The van der Waals surface area contributed by atoms with Crippen LogP contribution in [0.2, 0.25) is 10.0 Å². The molecule has 0 aliphatic carbocycles. The topological polar surface area (TPSA) is 93.1 Å². The minimum absolute atomic E-state index is 0.0854. The molecule has 1 amide bonds. The summed E-state index contributed by atoms with van der Waals surface area (Å²) in [5.74, 6) is -0.631. The Kier molecular flexibility index (Phi) is 8.32. The largest absolute Gasteiger partial charge is 0.350 e. The van der Waals surface area contributed by atoms with Gasteiger partial charge in [0, 0.05) is 22.0 Å². The highest BCUT2D eigenvalue weighted by Crippen LogP contribution is 2.26. The van der Waals surface area contributed by atoms with Crippen molar-refractivity contribution in [2.24, 2.45) is 0 Å². The molecular formula is C25H30Cl2N4O3S. The highest BCUT2D eigenvalue weighted by molar-refractivity contribution is 7.88. The van der Waals surface area contributed by atoms with Crippen LogP contribution in [0.1, 0.15) is 56.1 Å². The van der Waals surface area contributed by atoms with Crippen LogP contribution in [-0.2, 0) is 33.3 Å². The van der Waals surface area contributed by atoms with E-state index in [-0.39, 0.29) is 24.4 Å². The molecule has 1 aromatic heterocycles. The highest BCUT2D eigenvalue weighted by Gasteiger charge is 2.22. The average molecular weight is 538 g/mol. The molecule has 0 radical (unpaired) electrons. The zero-order valence-corrected chi connectivity index (χ0v) is 22.7. The van der Waals surface area contributed by atoms with Gasteiger partial charge in [-0.15, -0.1) is 0 Å². The van der Waals surface area contributed by atoms with Crippen molar-refractivity contribution < 1.29 is 13.2 Å². The fourth-order valence-corrected chi connectivity index (χ4v) is 4.27. The number of nitrogens with zero attached hydrogens (tertiary/aromatic N) is 2. The molecule has 3 rings (SSSR count). The molecule has 0 spiro atoms. The zero-order chi connectivity index (χ0) is 26.0. The summed E-state index contributed by atoms with van der Waals surface area (Å²) in [5.41, 5.74) is 3.75. The molecule has 2 N–H and O–H groups in total. The number of sulfonamides is 1. The Hall–Kier alpha value is -2.39. The number of hydrogen-bond acceptors (Lipinski definition) is 4. The Morgan fingerprint density at radius 1 is 1.09 bits per heavy atom. The van der Waals surface area contributed by atoms with Gasteiger partial charge in [-0.25, -0.2) is 17.8 Å². The normalized spacial score (nSPS) is 13.0. The number of carbonyl (C=O) groups is 1. The lowest BCUT2D eigenvalue weighted by Gasteiger charge is -2.15. The van der Waals surface area contributed by atoms with Gasteiger partial charge >= 0.3 is 0 Å². The lowest BCUT2D eigenvalue weighted by atomic mass is 9.92. The monoisotopic (exact) mass is 536 g/mol. The van der Waals surface area contributed by atoms with Gasteiger partial charge in [0.05, 0.1) is 35.8 Å². The standard InChI is InChI=1S/C25H30Cl2N4O3S/c1-16(17-9-10-18(22(27)11-17)14-29-35(5,33)34)24(32)28-15-21-13-23(25(2,3)4)30-31(21)20-8-6-7-19(26)12-20/h6-13,16,29H,14-15H2,1-5H3,(H,28,32). The molecule has 7 nitrogen and oxygen atoms in total. The van der Waals surface area contributed by atoms with E-state index in [9.17, 15) is 13.2 Å². The second kappa shape index (κ2) is 10.7. The Morgan fingerprint density at radius 3 is 2.40 bits per heavy atom. The summed E-state index contributed by atoms with van der Waals surface area (Å²) in [5, 5.41) is 8.77. The molecule has 0 bridgehead atoms. The van der Waals surface area contributed by atoms with Gasteiger partial charge in [0.25, 0.3) is 0 Å². The number of amides is 1. The number of halogens is 2. The molecule has 0 aliphatic heterocycles. The zero-order valence-electron chi connectivity index (χ0n) is 20.4. The number of rotatable bonds is 8. The first-order valence-corrected chi connectivity index (χ1v) is 13.8.